The van der Waals surface area contributed by atoms with Gasteiger partial charge in [-0.2, -0.15) is 0 Å². The zero-order chi connectivity index (χ0) is 14.2. The lowest BCUT2D eigenvalue weighted by atomic mass is 10.3. The first-order valence-electron chi connectivity index (χ1n) is 5.56. The third kappa shape index (κ3) is 8.02. The monoisotopic (exact) mass is 281 g/mol. The van der Waals surface area contributed by atoms with E-state index in [-0.39, 0.29) is 5.75 Å². The molecule has 0 spiro atoms. The fourth-order valence-electron chi connectivity index (χ4n) is 1.28. The van der Waals surface area contributed by atoms with Crippen LogP contribution in [0.4, 0.5) is 0 Å². The Kier molecular flexibility index (Phi) is 7.53. The number of hydrogen-bond donors (Lipinski definition) is 2. The van der Waals surface area contributed by atoms with Crippen LogP contribution in [0.15, 0.2) is 0 Å². The van der Waals surface area contributed by atoms with Crippen LogP contribution in [-0.2, 0) is 24.2 Å². The molecule has 0 aliphatic heterocycles. The quantitative estimate of drug-likeness (QED) is 0.547. The van der Waals surface area contributed by atoms with Crippen molar-refractivity contribution < 1.29 is 27.9 Å². The molecule has 0 radical (unpaired) electrons. The lowest BCUT2D eigenvalue weighted by Crippen LogP contribution is -2.44. The van der Waals surface area contributed by atoms with Gasteiger partial charge in [-0.3, -0.25) is 4.79 Å². The summed E-state index contributed by atoms with van der Waals surface area (Å²) in [6, 6.07) is -1.40. The third-order valence-corrected chi connectivity index (χ3v) is 3.80. The van der Waals surface area contributed by atoms with Crippen molar-refractivity contribution in [2.45, 2.75) is 26.3 Å². The largest absolute Gasteiger partial charge is 0.480 e. The predicted octanol–water partition coefficient (Wildman–Crippen LogP) is -0.583. The summed E-state index contributed by atoms with van der Waals surface area (Å²) >= 11 is 0. The van der Waals surface area contributed by atoms with E-state index in [2.05, 4.69) is 5.32 Å². The average molecular weight is 281 g/mol. The molecule has 0 aromatic heterocycles. The van der Waals surface area contributed by atoms with E-state index < -0.39 is 33.5 Å². The Hall–Kier alpha value is -1.15. The molecule has 106 valence electrons. The Morgan fingerprint density at radius 3 is 2.44 bits per heavy atom. The van der Waals surface area contributed by atoms with Gasteiger partial charge in [-0.15, -0.1) is 0 Å². The normalized spacial score (nSPS) is 13.0. The molecular formula is C10H19NO6S. The van der Waals surface area contributed by atoms with Crippen LogP contribution in [0, 0.1) is 0 Å². The van der Waals surface area contributed by atoms with E-state index in [1.165, 1.54) is 0 Å². The number of carbonyl (C=O) groups excluding carboxylic acids is 1. The van der Waals surface area contributed by atoms with E-state index in [4.69, 9.17) is 9.84 Å². The Labute approximate surface area is 106 Å². The summed E-state index contributed by atoms with van der Waals surface area (Å²) < 4.78 is 28.2. The molecule has 0 bridgehead atoms. The second-order valence-electron chi connectivity index (χ2n) is 3.76. The Morgan fingerprint density at radius 1 is 1.39 bits per heavy atom. The minimum absolute atomic E-state index is 0.156. The first-order chi connectivity index (χ1) is 8.28. The number of ether oxygens (including phenoxy) is 1. The molecule has 0 aromatic carbocycles. The van der Waals surface area contributed by atoms with Gasteiger partial charge in [-0.25, -0.2) is 13.2 Å². The first-order valence-corrected chi connectivity index (χ1v) is 7.38. The molecule has 1 unspecified atom stereocenters. The second-order valence-corrected chi connectivity index (χ2v) is 5.98. The molecule has 0 fully saturated rings. The van der Waals surface area contributed by atoms with Crippen molar-refractivity contribution >= 4 is 21.7 Å². The van der Waals surface area contributed by atoms with E-state index >= 15 is 0 Å². The van der Waals surface area contributed by atoms with Gasteiger partial charge in [0.15, 0.2) is 9.84 Å². The number of nitrogens with one attached hydrogen (secondary N) is 1. The van der Waals surface area contributed by atoms with Gasteiger partial charge in [0.2, 0.25) is 5.91 Å². The van der Waals surface area contributed by atoms with E-state index in [1.807, 2.05) is 0 Å². The van der Waals surface area contributed by atoms with Crippen LogP contribution in [0.5, 0.6) is 0 Å². The van der Waals surface area contributed by atoms with Crippen LogP contribution >= 0.6 is 0 Å². The zero-order valence-electron chi connectivity index (χ0n) is 10.5. The summed E-state index contributed by atoms with van der Waals surface area (Å²) in [5.74, 6) is -2.70. The summed E-state index contributed by atoms with van der Waals surface area (Å²) in [5.41, 5.74) is 0. The van der Waals surface area contributed by atoms with E-state index in [0.29, 0.717) is 19.6 Å². The fraction of sp³-hybridized carbons (Fsp3) is 0.800. The zero-order valence-corrected chi connectivity index (χ0v) is 11.3. The van der Waals surface area contributed by atoms with E-state index in [0.717, 1.165) is 6.92 Å². The summed E-state index contributed by atoms with van der Waals surface area (Å²) in [6.07, 6.45) is 0.308. The van der Waals surface area contributed by atoms with Gasteiger partial charge in [0.05, 0.1) is 11.5 Å². The van der Waals surface area contributed by atoms with Crippen molar-refractivity contribution in [2.75, 3.05) is 24.7 Å². The lowest BCUT2D eigenvalue weighted by molar-refractivity contribution is -0.140. The summed E-state index contributed by atoms with van der Waals surface area (Å²) in [7, 11) is -3.53. The van der Waals surface area contributed by atoms with Crippen molar-refractivity contribution in [1.82, 2.24) is 5.32 Å². The molecule has 7 nitrogen and oxygen atoms in total. The third-order valence-electron chi connectivity index (χ3n) is 2.04. The summed E-state index contributed by atoms with van der Waals surface area (Å²) in [6.45, 7) is 3.75. The summed E-state index contributed by atoms with van der Waals surface area (Å²) in [4.78, 5) is 21.5. The number of carboxylic acid groups (broad SMARTS) is 1. The Balaban J connectivity index is 4.33. The summed E-state index contributed by atoms with van der Waals surface area (Å²) in [5, 5.41) is 10.9. The highest BCUT2D eigenvalue weighted by molar-refractivity contribution is 7.91. The number of aliphatic carboxylic acids is 1. The highest BCUT2D eigenvalue weighted by Gasteiger charge is 2.25. The van der Waals surface area contributed by atoms with Crippen LogP contribution in [0.1, 0.15) is 20.3 Å². The smallest absolute Gasteiger partial charge is 0.327 e. The number of carboxylic acids is 1. The molecule has 0 aromatic rings. The standard InChI is InChI=1S/C10H19NO6S/c1-3-17-5-4-6-18(15,16)7-9(10(13)14)11-8(2)12/h9H,3-7H2,1-2H3,(H,11,12)(H,13,14). The van der Waals surface area contributed by atoms with Crippen molar-refractivity contribution in [1.29, 1.82) is 0 Å². The van der Waals surface area contributed by atoms with E-state index in [9.17, 15) is 18.0 Å². The van der Waals surface area contributed by atoms with Gasteiger partial charge in [-0.1, -0.05) is 0 Å². The van der Waals surface area contributed by atoms with Crippen molar-refractivity contribution in [3.63, 3.8) is 0 Å². The van der Waals surface area contributed by atoms with E-state index in [1.54, 1.807) is 6.92 Å². The maximum atomic E-state index is 11.6. The van der Waals surface area contributed by atoms with Crippen LogP contribution in [0.2, 0.25) is 0 Å². The van der Waals surface area contributed by atoms with Crippen LogP contribution in [-0.4, -0.2) is 56.2 Å². The molecule has 0 heterocycles. The SMILES string of the molecule is CCOCCCS(=O)(=O)CC(NC(C)=O)C(=O)O. The predicted molar refractivity (Wildman–Crippen MR) is 65.0 cm³/mol. The molecule has 0 saturated carbocycles. The minimum Gasteiger partial charge on any atom is -0.480 e. The molecule has 8 heteroatoms. The number of hydrogen-bond acceptors (Lipinski definition) is 5. The Morgan fingerprint density at radius 2 is 2.00 bits per heavy atom. The first kappa shape index (κ1) is 16.9. The van der Waals surface area contributed by atoms with Gasteiger partial charge in [-0.05, 0) is 13.3 Å². The molecule has 2 N–H and O–H groups in total. The molecule has 18 heavy (non-hydrogen) atoms. The number of carbonyl (C=O) groups is 2. The molecule has 0 aliphatic rings. The molecule has 1 atom stereocenters. The van der Waals surface area contributed by atoms with Crippen LogP contribution in [0.3, 0.4) is 0 Å². The number of amides is 1. The fourth-order valence-corrected chi connectivity index (χ4v) is 2.74. The average Bonchev–Trinajstić information content (AvgIpc) is 2.22. The maximum Gasteiger partial charge on any atom is 0.327 e. The Bertz CT molecular complexity index is 378. The van der Waals surface area contributed by atoms with Crippen LogP contribution < -0.4 is 5.32 Å². The van der Waals surface area contributed by atoms with Gasteiger partial charge in [0.25, 0.3) is 0 Å². The maximum absolute atomic E-state index is 11.6. The minimum atomic E-state index is -3.53. The van der Waals surface area contributed by atoms with Gasteiger partial charge in [0.1, 0.15) is 6.04 Å². The van der Waals surface area contributed by atoms with Gasteiger partial charge >= 0.3 is 5.97 Å². The van der Waals surface area contributed by atoms with Crippen molar-refractivity contribution in [3.05, 3.63) is 0 Å². The number of rotatable bonds is 9. The van der Waals surface area contributed by atoms with Crippen molar-refractivity contribution in [3.8, 4) is 0 Å². The van der Waals surface area contributed by atoms with Crippen molar-refractivity contribution in [2.24, 2.45) is 0 Å². The van der Waals surface area contributed by atoms with Gasteiger partial charge < -0.3 is 15.2 Å². The topological polar surface area (TPSA) is 110 Å². The molecule has 0 aliphatic carbocycles. The van der Waals surface area contributed by atoms with Gasteiger partial charge in [0, 0.05) is 20.1 Å². The molecule has 1 amide bonds. The molecule has 0 rings (SSSR count). The second kappa shape index (κ2) is 8.04. The molecule has 0 saturated heterocycles. The highest BCUT2D eigenvalue weighted by Crippen LogP contribution is 1.99. The van der Waals surface area contributed by atoms with Crippen LogP contribution in [0.25, 0.3) is 0 Å². The highest BCUT2D eigenvalue weighted by atomic mass is 32.2. The lowest BCUT2D eigenvalue weighted by Gasteiger charge is -2.13. The number of sulfone groups is 1. The molecular weight excluding hydrogens is 262 g/mol.